The summed E-state index contributed by atoms with van der Waals surface area (Å²) in [7, 11) is 0. The molecular formula is C11H9N3O. The molecule has 0 aliphatic rings. The lowest BCUT2D eigenvalue weighted by Gasteiger charge is -1.96. The summed E-state index contributed by atoms with van der Waals surface area (Å²) in [5.74, 6) is 0.609. The Hall–Kier alpha value is -2.12. The van der Waals surface area contributed by atoms with Crippen molar-refractivity contribution >= 4 is 0 Å². The summed E-state index contributed by atoms with van der Waals surface area (Å²) >= 11 is 0. The standard InChI is InChI=1S/C11H9N3O/c12-6-8-3-1-2-4-10(8)11-5-9(7-13)15-14-11/h1-5H,7,13H2. The summed E-state index contributed by atoms with van der Waals surface area (Å²) in [5.41, 5.74) is 7.40. The number of hydrogen-bond acceptors (Lipinski definition) is 4. The van der Waals surface area contributed by atoms with E-state index in [9.17, 15) is 0 Å². The van der Waals surface area contributed by atoms with E-state index in [1.165, 1.54) is 0 Å². The molecule has 0 aliphatic heterocycles. The highest BCUT2D eigenvalue weighted by atomic mass is 16.5. The molecule has 0 bridgehead atoms. The van der Waals surface area contributed by atoms with E-state index in [0.29, 0.717) is 23.6 Å². The van der Waals surface area contributed by atoms with Gasteiger partial charge < -0.3 is 10.3 Å². The molecule has 1 aromatic carbocycles. The predicted molar refractivity (Wildman–Crippen MR) is 54.5 cm³/mol. The lowest BCUT2D eigenvalue weighted by atomic mass is 10.1. The summed E-state index contributed by atoms with van der Waals surface area (Å²) in [4.78, 5) is 0. The van der Waals surface area contributed by atoms with Crippen LogP contribution in [0, 0.1) is 11.3 Å². The van der Waals surface area contributed by atoms with Gasteiger partial charge in [-0.3, -0.25) is 0 Å². The summed E-state index contributed by atoms with van der Waals surface area (Å²) in [6, 6.07) is 11.1. The van der Waals surface area contributed by atoms with Crippen LogP contribution in [0.5, 0.6) is 0 Å². The van der Waals surface area contributed by atoms with Crippen LogP contribution in [0.15, 0.2) is 34.9 Å². The minimum atomic E-state index is 0.307. The fourth-order valence-corrected chi connectivity index (χ4v) is 1.34. The highest BCUT2D eigenvalue weighted by Gasteiger charge is 2.08. The molecule has 0 amide bonds. The van der Waals surface area contributed by atoms with Gasteiger partial charge in [-0.25, -0.2) is 0 Å². The second-order valence-corrected chi connectivity index (χ2v) is 3.04. The number of nitrogens with zero attached hydrogens (tertiary/aromatic N) is 2. The van der Waals surface area contributed by atoms with Gasteiger partial charge in [0.05, 0.1) is 18.2 Å². The number of nitrogens with two attached hydrogens (primary N) is 1. The van der Waals surface area contributed by atoms with Crippen molar-refractivity contribution in [3.8, 4) is 17.3 Å². The van der Waals surface area contributed by atoms with Crippen molar-refractivity contribution in [1.82, 2.24) is 5.16 Å². The smallest absolute Gasteiger partial charge is 0.150 e. The summed E-state index contributed by atoms with van der Waals surface area (Å²) < 4.78 is 4.98. The van der Waals surface area contributed by atoms with Crippen LogP contribution in [0.3, 0.4) is 0 Å². The summed E-state index contributed by atoms with van der Waals surface area (Å²) in [6.45, 7) is 0.307. The van der Waals surface area contributed by atoms with Gasteiger partial charge in [0, 0.05) is 11.6 Å². The Morgan fingerprint density at radius 2 is 2.20 bits per heavy atom. The lowest BCUT2D eigenvalue weighted by molar-refractivity contribution is 0.387. The van der Waals surface area contributed by atoms with Gasteiger partial charge in [0.1, 0.15) is 5.69 Å². The van der Waals surface area contributed by atoms with Crippen molar-refractivity contribution in [2.45, 2.75) is 6.54 Å². The molecule has 4 heteroatoms. The van der Waals surface area contributed by atoms with Crippen molar-refractivity contribution < 1.29 is 4.52 Å². The van der Waals surface area contributed by atoms with E-state index in [1.807, 2.05) is 18.2 Å². The van der Waals surface area contributed by atoms with Crippen LogP contribution in [0.1, 0.15) is 11.3 Å². The van der Waals surface area contributed by atoms with Crippen LogP contribution in [-0.4, -0.2) is 5.16 Å². The van der Waals surface area contributed by atoms with Crippen LogP contribution in [0.4, 0.5) is 0 Å². The van der Waals surface area contributed by atoms with E-state index in [0.717, 1.165) is 5.56 Å². The van der Waals surface area contributed by atoms with Crippen molar-refractivity contribution in [2.75, 3.05) is 0 Å². The van der Waals surface area contributed by atoms with Crippen LogP contribution in [0.25, 0.3) is 11.3 Å². The third kappa shape index (κ3) is 1.73. The van der Waals surface area contributed by atoms with Gasteiger partial charge in [0.25, 0.3) is 0 Å². The van der Waals surface area contributed by atoms with Crippen molar-refractivity contribution in [2.24, 2.45) is 5.73 Å². The Morgan fingerprint density at radius 1 is 1.40 bits per heavy atom. The molecule has 15 heavy (non-hydrogen) atoms. The van der Waals surface area contributed by atoms with Crippen molar-refractivity contribution in [3.63, 3.8) is 0 Å². The Balaban J connectivity index is 2.49. The fourth-order valence-electron chi connectivity index (χ4n) is 1.34. The Labute approximate surface area is 86.9 Å². The normalized spacial score (nSPS) is 9.87. The highest BCUT2D eigenvalue weighted by Crippen LogP contribution is 2.22. The molecule has 74 valence electrons. The SMILES string of the molecule is N#Cc1ccccc1-c1cc(CN)on1. The van der Waals surface area contributed by atoms with E-state index in [-0.39, 0.29) is 0 Å². The number of benzene rings is 1. The number of aromatic nitrogens is 1. The van der Waals surface area contributed by atoms with Gasteiger partial charge in [0.15, 0.2) is 5.76 Å². The first-order valence-electron chi connectivity index (χ1n) is 4.50. The Bertz CT molecular complexity index is 511. The molecule has 2 rings (SSSR count). The molecule has 0 aliphatic carbocycles. The number of rotatable bonds is 2. The molecule has 1 heterocycles. The molecule has 0 atom stereocenters. The van der Waals surface area contributed by atoms with Crippen molar-refractivity contribution in [1.29, 1.82) is 5.26 Å². The highest BCUT2D eigenvalue weighted by molar-refractivity contribution is 5.66. The summed E-state index contributed by atoms with van der Waals surface area (Å²) in [6.07, 6.45) is 0. The fraction of sp³-hybridized carbons (Fsp3) is 0.0909. The molecule has 2 N–H and O–H groups in total. The zero-order valence-corrected chi connectivity index (χ0v) is 7.97. The minimum Gasteiger partial charge on any atom is -0.359 e. The maximum absolute atomic E-state index is 8.91. The monoisotopic (exact) mass is 199 g/mol. The van der Waals surface area contributed by atoms with E-state index in [4.69, 9.17) is 15.5 Å². The average Bonchev–Trinajstić information content (AvgIpc) is 2.77. The number of hydrogen-bond donors (Lipinski definition) is 1. The quantitative estimate of drug-likeness (QED) is 0.798. The Morgan fingerprint density at radius 3 is 2.87 bits per heavy atom. The van der Waals surface area contributed by atoms with Crippen LogP contribution >= 0.6 is 0 Å². The third-order valence-electron chi connectivity index (χ3n) is 2.08. The molecule has 4 nitrogen and oxygen atoms in total. The largest absolute Gasteiger partial charge is 0.359 e. The third-order valence-corrected chi connectivity index (χ3v) is 2.08. The molecule has 0 fully saturated rings. The van der Waals surface area contributed by atoms with Crippen LogP contribution in [-0.2, 0) is 6.54 Å². The lowest BCUT2D eigenvalue weighted by Crippen LogP contribution is -1.92. The second kappa shape index (κ2) is 3.95. The first-order chi connectivity index (χ1) is 7.35. The zero-order chi connectivity index (χ0) is 10.7. The predicted octanol–water partition coefficient (Wildman–Crippen LogP) is 1.67. The molecule has 0 saturated carbocycles. The van der Waals surface area contributed by atoms with Gasteiger partial charge in [-0.2, -0.15) is 5.26 Å². The topological polar surface area (TPSA) is 75.8 Å². The van der Waals surface area contributed by atoms with E-state index in [1.54, 1.807) is 12.1 Å². The first kappa shape index (κ1) is 9.44. The first-order valence-corrected chi connectivity index (χ1v) is 4.50. The average molecular weight is 199 g/mol. The van der Waals surface area contributed by atoms with Crippen LogP contribution < -0.4 is 5.73 Å². The Kier molecular flexibility index (Phi) is 2.48. The molecule has 0 radical (unpaired) electrons. The molecule has 1 aromatic heterocycles. The molecular weight excluding hydrogens is 190 g/mol. The maximum atomic E-state index is 8.91. The van der Waals surface area contributed by atoms with E-state index >= 15 is 0 Å². The van der Waals surface area contributed by atoms with Gasteiger partial charge in [-0.15, -0.1) is 0 Å². The van der Waals surface area contributed by atoms with Crippen LogP contribution in [0.2, 0.25) is 0 Å². The molecule has 0 unspecified atom stereocenters. The van der Waals surface area contributed by atoms with Gasteiger partial charge in [-0.1, -0.05) is 23.4 Å². The molecule has 0 spiro atoms. The van der Waals surface area contributed by atoms with E-state index < -0.39 is 0 Å². The van der Waals surface area contributed by atoms with Gasteiger partial charge in [-0.05, 0) is 6.07 Å². The van der Waals surface area contributed by atoms with Gasteiger partial charge in [0.2, 0.25) is 0 Å². The van der Waals surface area contributed by atoms with E-state index in [2.05, 4.69) is 11.2 Å². The second-order valence-electron chi connectivity index (χ2n) is 3.04. The molecule has 2 aromatic rings. The molecule has 0 saturated heterocycles. The van der Waals surface area contributed by atoms with Gasteiger partial charge >= 0.3 is 0 Å². The summed E-state index contributed by atoms with van der Waals surface area (Å²) in [5, 5.41) is 12.8. The maximum Gasteiger partial charge on any atom is 0.150 e. The van der Waals surface area contributed by atoms with Crippen molar-refractivity contribution in [3.05, 3.63) is 41.7 Å². The zero-order valence-electron chi connectivity index (χ0n) is 7.97. The number of nitriles is 1. The minimum absolute atomic E-state index is 0.307.